The largest absolute Gasteiger partial charge is 0.490 e. The number of nitrogens with one attached hydrogen (secondary N) is 1. The van der Waals surface area contributed by atoms with Crippen LogP contribution in [0.15, 0.2) is 12.1 Å². The molecule has 1 aromatic carbocycles. The fourth-order valence-electron chi connectivity index (χ4n) is 2.75. The van der Waals surface area contributed by atoms with E-state index in [0.29, 0.717) is 35.3 Å². The molecule has 7 heteroatoms. The van der Waals surface area contributed by atoms with Crippen LogP contribution >= 0.6 is 24.0 Å². The van der Waals surface area contributed by atoms with E-state index in [1.165, 1.54) is 0 Å². The first-order valence-corrected chi connectivity index (χ1v) is 9.03. The molecule has 1 saturated heterocycles. The zero-order valence-corrected chi connectivity index (χ0v) is 16.7. The molecule has 25 heavy (non-hydrogen) atoms. The summed E-state index contributed by atoms with van der Waals surface area (Å²) in [5, 5.41) is 3.69. The number of carbonyl (C=O) groups is 1. The van der Waals surface area contributed by atoms with Gasteiger partial charge in [0, 0.05) is 25.2 Å². The molecule has 1 aliphatic rings. The standard InChI is InChI=1S/C18H27ClN2O3.ClH/c1-4-6-9-24-17-15(19)10-13(11-16(17)23-5-2)18(22)21(3)14-7-8-20-12-14;/h10-11,14,20H,4-9,12H2,1-3H3;1H. The summed E-state index contributed by atoms with van der Waals surface area (Å²) in [6.07, 6.45) is 2.95. The maximum atomic E-state index is 12.8. The maximum Gasteiger partial charge on any atom is 0.254 e. The topological polar surface area (TPSA) is 50.8 Å². The number of unbranched alkanes of at least 4 members (excludes halogenated alkanes) is 1. The zero-order valence-electron chi connectivity index (χ0n) is 15.1. The highest BCUT2D eigenvalue weighted by molar-refractivity contribution is 6.32. The number of carbonyl (C=O) groups excluding carboxylic acids is 1. The Bertz CT molecular complexity index is 563. The summed E-state index contributed by atoms with van der Waals surface area (Å²) >= 11 is 6.37. The van der Waals surface area contributed by atoms with Crippen molar-refractivity contribution >= 4 is 29.9 Å². The molecule has 1 unspecified atom stereocenters. The number of ether oxygens (including phenoxy) is 2. The lowest BCUT2D eigenvalue weighted by Gasteiger charge is -2.24. The van der Waals surface area contributed by atoms with E-state index in [-0.39, 0.29) is 24.4 Å². The number of halogens is 2. The second-order valence-electron chi connectivity index (χ2n) is 5.98. The molecule has 1 N–H and O–H groups in total. The van der Waals surface area contributed by atoms with Crippen LogP contribution in [-0.2, 0) is 0 Å². The molecule has 1 aromatic rings. The molecule has 0 aromatic heterocycles. The van der Waals surface area contributed by atoms with Gasteiger partial charge in [-0.05, 0) is 38.4 Å². The van der Waals surface area contributed by atoms with Crippen LogP contribution in [0.2, 0.25) is 5.02 Å². The minimum Gasteiger partial charge on any atom is -0.490 e. The molecule has 1 amide bonds. The van der Waals surface area contributed by atoms with Crippen LogP contribution in [0.4, 0.5) is 0 Å². The molecule has 1 atom stereocenters. The monoisotopic (exact) mass is 390 g/mol. The van der Waals surface area contributed by atoms with Gasteiger partial charge in [-0.1, -0.05) is 24.9 Å². The molecule has 0 aliphatic carbocycles. The summed E-state index contributed by atoms with van der Waals surface area (Å²) < 4.78 is 11.4. The summed E-state index contributed by atoms with van der Waals surface area (Å²) in [5.74, 6) is 1.00. The van der Waals surface area contributed by atoms with Gasteiger partial charge in [-0.3, -0.25) is 4.79 Å². The molecule has 0 radical (unpaired) electrons. The Labute approximate surface area is 161 Å². The van der Waals surface area contributed by atoms with Crippen LogP contribution in [0.5, 0.6) is 11.5 Å². The second kappa shape index (κ2) is 10.7. The maximum absolute atomic E-state index is 12.8. The minimum atomic E-state index is -0.0494. The molecule has 0 bridgehead atoms. The lowest BCUT2D eigenvalue weighted by molar-refractivity contribution is 0.0743. The van der Waals surface area contributed by atoms with Crippen molar-refractivity contribution in [1.29, 1.82) is 0 Å². The van der Waals surface area contributed by atoms with Crippen molar-refractivity contribution in [2.45, 2.75) is 39.2 Å². The van der Waals surface area contributed by atoms with E-state index < -0.39 is 0 Å². The summed E-state index contributed by atoms with van der Waals surface area (Å²) in [6, 6.07) is 3.62. The lowest BCUT2D eigenvalue weighted by atomic mass is 10.1. The Balaban J connectivity index is 0.00000312. The Kier molecular flexibility index (Phi) is 9.39. The Morgan fingerprint density at radius 3 is 2.72 bits per heavy atom. The van der Waals surface area contributed by atoms with Crippen LogP contribution in [0.3, 0.4) is 0 Å². The number of rotatable bonds is 8. The van der Waals surface area contributed by atoms with Crippen LogP contribution in [0.25, 0.3) is 0 Å². The van der Waals surface area contributed by atoms with Gasteiger partial charge < -0.3 is 19.7 Å². The van der Waals surface area contributed by atoms with Gasteiger partial charge in [0.25, 0.3) is 5.91 Å². The molecular formula is C18H28Cl2N2O3. The van der Waals surface area contributed by atoms with Gasteiger partial charge in [0.2, 0.25) is 0 Å². The number of amides is 1. The Morgan fingerprint density at radius 2 is 2.12 bits per heavy atom. The third-order valence-corrected chi connectivity index (χ3v) is 4.48. The van der Waals surface area contributed by atoms with Gasteiger partial charge in [0.15, 0.2) is 11.5 Å². The van der Waals surface area contributed by atoms with E-state index in [0.717, 1.165) is 32.4 Å². The molecule has 1 heterocycles. The van der Waals surface area contributed by atoms with Crippen molar-refractivity contribution in [3.05, 3.63) is 22.7 Å². The van der Waals surface area contributed by atoms with Gasteiger partial charge >= 0.3 is 0 Å². The highest BCUT2D eigenvalue weighted by Crippen LogP contribution is 2.37. The minimum absolute atomic E-state index is 0. The average molecular weight is 391 g/mol. The SMILES string of the molecule is CCCCOc1c(Cl)cc(C(=O)N(C)C2CCNC2)cc1OCC.Cl. The zero-order chi connectivity index (χ0) is 17.5. The first-order chi connectivity index (χ1) is 11.6. The molecule has 0 saturated carbocycles. The van der Waals surface area contributed by atoms with Gasteiger partial charge in [-0.2, -0.15) is 0 Å². The first-order valence-electron chi connectivity index (χ1n) is 8.65. The van der Waals surface area contributed by atoms with Crippen LogP contribution in [0, 0.1) is 0 Å². The molecule has 142 valence electrons. The third-order valence-electron chi connectivity index (χ3n) is 4.20. The quantitative estimate of drug-likeness (QED) is 0.686. The van der Waals surface area contributed by atoms with E-state index in [2.05, 4.69) is 12.2 Å². The van der Waals surface area contributed by atoms with E-state index in [9.17, 15) is 4.79 Å². The Morgan fingerprint density at radius 1 is 1.36 bits per heavy atom. The average Bonchev–Trinajstić information content (AvgIpc) is 3.10. The number of hydrogen-bond donors (Lipinski definition) is 1. The summed E-state index contributed by atoms with van der Waals surface area (Å²) in [5.41, 5.74) is 0.528. The predicted octanol–water partition coefficient (Wildman–Crippen LogP) is 3.77. The van der Waals surface area contributed by atoms with Crippen molar-refractivity contribution in [3.63, 3.8) is 0 Å². The fourth-order valence-corrected chi connectivity index (χ4v) is 3.02. The molecule has 1 aliphatic heterocycles. The number of hydrogen-bond acceptors (Lipinski definition) is 4. The predicted molar refractivity (Wildman–Crippen MR) is 104 cm³/mol. The smallest absolute Gasteiger partial charge is 0.254 e. The van der Waals surface area contributed by atoms with Crippen LogP contribution in [-0.4, -0.2) is 50.2 Å². The molecule has 2 rings (SSSR count). The van der Waals surface area contributed by atoms with Crippen molar-refractivity contribution in [3.8, 4) is 11.5 Å². The first kappa shape index (κ1) is 21.9. The summed E-state index contributed by atoms with van der Waals surface area (Å²) in [4.78, 5) is 14.5. The third kappa shape index (κ3) is 5.66. The van der Waals surface area contributed by atoms with Gasteiger partial charge in [0.1, 0.15) is 0 Å². The van der Waals surface area contributed by atoms with E-state index in [4.69, 9.17) is 21.1 Å². The summed E-state index contributed by atoms with van der Waals surface area (Å²) in [7, 11) is 1.83. The van der Waals surface area contributed by atoms with Crippen LogP contribution in [0.1, 0.15) is 43.5 Å². The van der Waals surface area contributed by atoms with Crippen molar-refractivity contribution in [1.82, 2.24) is 10.2 Å². The number of nitrogens with zero attached hydrogens (tertiary/aromatic N) is 1. The number of likely N-dealkylation sites (N-methyl/N-ethyl adjacent to an activating group) is 1. The number of benzene rings is 1. The highest BCUT2D eigenvalue weighted by Gasteiger charge is 2.25. The summed E-state index contributed by atoms with van der Waals surface area (Å²) in [6.45, 7) is 6.83. The molecule has 5 nitrogen and oxygen atoms in total. The van der Waals surface area contributed by atoms with E-state index in [1.54, 1.807) is 17.0 Å². The molecular weight excluding hydrogens is 363 g/mol. The fraction of sp³-hybridized carbons (Fsp3) is 0.611. The second-order valence-corrected chi connectivity index (χ2v) is 6.39. The van der Waals surface area contributed by atoms with Gasteiger partial charge in [-0.25, -0.2) is 0 Å². The molecule has 1 fully saturated rings. The van der Waals surface area contributed by atoms with Crippen molar-refractivity contribution in [2.75, 3.05) is 33.4 Å². The normalized spacial score (nSPS) is 16.2. The van der Waals surface area contributed by atoms with E-state index in [1.807, 2.05) is 14.0 Å². The van der Waals surface area contributed by atoms with E-state index >= 15 is 0 Å². The Hall–Kier alpha value is -1.17. The van der Waals surface area contributed by atoms with Gasteiger partial charge in [-0.15, -0.1) is 12.4 Å². The van der Waals surface area contributed by atoms with Gasteiger partial charge in [0.05, 0.1) is 18.2 Å². The molecule has 0 spiro atoms. The highest BCUT2D eigenvalue weighted by atomic mass is 35.5. The van der Waals surface area contributed by atoms with Crippen LogP contribution < -0.4 is 14.8 Å². The van der Waals surface area contributed by atoms with Crippen molar-refractivity contribution < 1.29 is 14.3 Å². The lowest BCUT2D eigenvalue weighted by Crippen LogP contribution is -2.38. The van der Waals surface area contributed by atoms with Crippen molar-refractivity contribution in [2.24, 2.45) is 0 Å².